The zero-order valence-electron chi connectivity index (χ0n) is 12.2. The molecule has 1 saturated heterocycles. The largest absolute Gasteiger partial charge is 0.316 e. The molecule has 0 amide bonds. The maximum absolute atomic E-state index is 3.58. The lowest BCUT2D eigenvalue weighted by atomic mass is 9.97. The van der Waals surface area contributed by atoms with E-state index in [-0.39, 0.29) is 0 Å². The van der Waals surface area contributed by atoms with Crippen LogP contribution in [-0.2, 0) is 0 Å². The lowest BCUT2D eigenvalue weighted by Gasteiger charge is -2.36. The van der Waals surface area contributed by atoms with Crippen LogP contribution < -0.4 is 5.32 Å². The van der Waals surface area contributed by atoms with Gasteiger partial charge < -0.3 is 5.32 Å². The first-order valence-electron chi connectivity index (χ1n) is 7.29. The van der Waals surface area contributed by atoms with Gasteiger partial charge in [-0.15, -0.1) is 11.3 Å². The number of thiophene rings is 1. The van der Waals surface area contributed by atoms with Crippen LogP contribution in [0.2, 0.25) is 0 Å². The summed E-state index contributed by atoms with van der Waals surface area (Å²) in [4.78, 5) is 4.11. The second-order valence-electron chi connectivity index (χ2n) is 5.82. The highest BCUT2D eigenvalue weighted by atomic mass is 79.9. The van der Waals surface area contributed by atoms with Gasteiger partial charge in [0.2, 0.25) is 0 Å². The maximum Gasteiger partial charge on any atom is 0.0701 e. The third kappa shape index (κ3) is 4.28. The van der Waals surface area contributed by atoms with Crippen molar-refractivity contribution in [3.8, 4) is 0 Å². The van der Waals surface area contributed by atoms with Crippen LogP contribution in [0.5, 0.6) is 0 Å². The van der Waals surface area contributed by atoms with Gasteiger partial charge in [-0.1, -0.05) is 0 Å². The van der Waals surface area contributed by atoms with Crippen molar-refractivity contribution in [2.45, 2.75) is 45.7 Å². The van der Waals surface area contributed by atoms with Crippen LogP contribution in [0.15, 0.2) is 15.9 Å². The number of rotatable bonds is 5. The number of nitrogens with one attached hydrogen (secondary N) is 1. The van der Waals surface area contributed by atoms with Crippen molar-refractivity contribution in [3.63, 3.8) is 0 Å². The third-order valence-electron chi connectivity index (χ3n) is 4.03. The van der Waals surface area contributed by atoms with E-state index in [2.05, 4.69) is 59.1 Å². The summed E-state index contributed by atoms with van der Waals surface area (Å²) >= 11 is 5.44. The van der Waals surface area contributed by atoms with Crippen LogP contribution in [0.4, 0.5) is 0 Å². The SMILES string of the molecule is CC(C)N(CC1CCCNC1)C(C)c1ccc(Br)s1. The summed E-state index contributed by atoms with van der Waals surface area (Å²) < 4.78 is 1.23. The quantitative estimate of drug-likeness (QED) is 0.857. The van der Waals surface area contributed by atoms with E-state index in [0.29, 0.717) is 12.1 Å². The van der Waals surface area contributed by atoms with E-state index in [4.69, 9.17) is 0 Å². The zero-order chi connectivity index (χ0) is 13.8. The summed E-state index contributed by atoms with van der Waals surface area (Å²) in [5, 5.41) is 3.53. The van der Waals surface area contributed by atoms with Gasteiger partial charge in [-0.05, 0) is 80.7 Å². The predicted molar refractivity (Wildman–Crippen MR) is 87.9 cm³/mol. The van der Waals surface area contributed by atoms with Gasteiger partial charge in [-0.2, -0.15) is 0 Å². The Balaban J connectivity index is 2.02. The summed E-state index contributed by atoms with van der Waals surface area (Å²) in [6.45, 7) is 10.6. The molecule has 0 aromatic carbocycles. The zero-order valence-corrected chi connectivity index (χ0v) is 14.6. The predicted octanol–water partition coefficient (Wildman–Crippen LogP) is 4.28. The lowest BCUT2D eigenvalue weighted by molar-refractivity contribution is 0.128. The van der Waals surface area contributed by atoms with Gasteiger partial charge in [0.25, 0.3) is 0 Å². The van der Waals surface area contributed by atoms with E-state index in [1.165, 1.54) is 41.1 Å². The number of piperidine rings is 1. The first-order valence-corrected chi connectivity index (χ1v) is 8.90. The van der Waals surface area contributed by atoms with E-state index in [1.807, 2.05) is 11.3 Å². The smallest absolute Gasteiger partial charge is 0.0701 e. The summed E-state index contributed by atoms with van der Waals surface area (Å²) in [5.41, 5.74) is 0. The Morgan fingerprint density at radius 2 is 2.21 bits per heavy atom. The maximum atomic E-state index is 3.58. The molecule has 1 aromatic heterocycles. The number of halogens is 1. The molecule has 2 rings (SSSR count). The van der Waals surface area contributed by atoms with Gasteiger partial charge in [-0.25, -0.2) is 0 Å². The Kier molecular flexibility index (Phi) is 5.87. The Bertz CT molecular complexity index is 385. The number of hydrogen-bond acceptors (Lipinski definition) is 3. The van der Waals surface area contributed by atoms with Crippen molar-refractivity contribution >= 4 is 27.3 Å². The molecule has 1 aliphatic rings. The molecule has 0 spiro atoms. The van der Waals surface area contributed by atoms with Gasteiger partial charge in [0.1, 0.15) is 0 Å². The molecule has 108 valence electrons. The highest BCUT2D eigenvalue weighted by molar-refractivity contribution is 9.11. The third-order valence-corrected chi connectivity index (χ3v) is 5.83. The van der Waals surface area contributed by atoms with Crippen molar-refractivity contribution < 1.29 is 0 Å². The van der Waals surface area contributed by atoms with Gasteiger partial charge in [0, 0.05) is 23.5 Å². The highest BCUT2D eigenvalue weighted by Gasteiger charge is 2.24. The molecule has 1 N–H and O–H groups in total. The lowest BCUT2D eigenvalue weighted by Crippen LogP contribution is -2.42. The first-order chi connectivity index (χ1) is 9.08. The molecule has 0 saturated carbocycles. The Hall–Kier alpha value is 0.1000. The standard InChI is InChI=1S/C15H25BrN2S/c1-11(2)18(10-13-5-4-8-17-9-13)12(3)14-6-7-15(16)19-14/h6-7,11-13,17H,4-5,8-10H2,1-3H3. The molecule has 19 heavy (non-hydrogen) atoms. The molecule has 1 aromatic rings. The van der Waals surface area contributed by atoms with Crippen LogP contribution in [0.3, 0.4) is 0 Å². The topological polar surface area (TPSA) is 15.3 Å². The summed E-state index contributed by atoms with van der Waals surface area (Å²) in [7, 11) is 0. The molecule has 4 heteroatoms. The van der Waals surface area contributed by atoms with E-state index in [1.54, 1.807) is 0 Å². The van der Waals surface area contributed by atoms with E-state index < -0.39 is 0 Å². The molecule has 2 atom stereocenters. The Labute approximate surface area is 129 Å². The molecule has 0 radical (unpaired) electrons. The van der Waals surface area contributed by atoms with Crippen molar-refractivity contribution in [2.75, 3.05) is 19.6 Å². The monoisotopic (exact) mass is 344 g/mol. The molecule has 2 unspecified atom stereocenters. The summed E-state index contributed by atoms with van der Waals surface area (Å²) in [5.74, 6) is 0.807. The second kappa shape index (κ2) is 7.21. The minimum atomic E-state index is 0.512. The normalized spacial score (nSPS) is 22.1. The molecule has 2 heterocycles. The molecule has 0 bridgehead atoms. The average molecular weight is 345 g/mol. The van der Waals surface area contributed by atoms with Gasteiger partial charge in [-0.3, -0.25) is 4.90 Å². The minimum Gasteiger partial charge on any atom is -0.316 e. The van der Waals surface area contributed by atoms with Gasteiger partial charge in [0.15, 0.2) is 0 Å². The van der Waals surface area contributed by atoms with Crippen molar-refractivity contribution in [1.82, 2.24) is 10.2 Å². The second-order valence-corrected chi connectivity index (χ2v) is 8.32. The van der Waals surface area contributed by atoms with E-state index in [0.717, 1.165) is 5.92 Å². The van der Waals surface area contributed by atoms with Crippen LogP contribution in [0.25, 0.3) is 0 Å². The fraction of sp³-hybridized carbons (Fsp3) is 0.733. The average Bonchev–Trinajstić information content (AvgIpc) is 2.83. The fourth-order valence-corrected chi connectivity index (χ4v) is 4.41. The molecule has 1 aliphatic heterocycles. The first kappa shape index (κ1) is 15.5. The van der Waals surface area contributed by atoms with E-state index >= 15 is 0 Å². The minimum absolute atomic E-state index is 0.512. The molecule has 1 fully saturated rings. The Morgan fingerprint density at radius 1 is 1.42 bits per heavy atom. The Morgan fingerprint density at radius 3 is 2.74 bits per heavy atom. The molecule has 2 nitrogen and oxygen atoms in total. The summed E-state index contributed by atoms with van der Waals surface area (Å²) in [6.07, 6.45) is 2.70. The molecular formula is C15H25BrN2S. The van der Waals surface area contributed by atoms with Crippen molar-refractivity contribution in [2.24, 2.45) is 5.92 Å². The number of nitrogens with zero attached hydrogens (tertiary/aromatic N) is 1. The van der Waals surface area contributed by atoms with Crippen LogP contribution in [0, 0.1) is 5.92 Å². The fourth-order valence-electron chi connectivity index (χ4n) is 2.91. The van der Waals surface area contributed by atoms with Crippen LogP contribution >= 0.6 is 27.3 Å². The molecular weight excluding hydrogens is 320 g/mol. The van der Waals surface area contributed by atoms with Crippen LogP contribution in [-0.4, -0.2) is 30.6 Å². The van der Waals surface area contributed by atoms with Crippen molar-refractivity contribution in [1.29, 1.82) is 0 Å². The summed E-state index contributed by atoms with van der Waals surface area (Å²) in [6, 6.07) is 5.53. The van der Waals surface area contributed by atoms with E-state index in [9.17, 15) is 0 Å². The van der Waals surface area contributed by atoms with Gasteiger partial charge in [0.05, 0.1) is 3.79 Å². The van der Waals surface area contributed by atoms with Gasteiger partial charge >= 0.3 is 0 Å². The molecule has 0 aliphatic carbocycles. The number of hydrogen-bond donors (Lipinski definition) is 1. The van der Waals surface area contributed by atoms with Crippen LogP contribution in [0.1, 0.15) is 44.5 Å². The highest BCUT2D eigenvalue weighted by Crippen LogP contribution is 2.32. The van der Waals surface area contributed by atoms with Crippen molar-refractivity contribution in [3.05, 3.63) is 20.8 Å².